The third-order valence-electron chi connectivity index (χ3n) is 5.84. The van der Waals surface area contributed by atoms with Gasteiger partial charge in [-0.1, -0.05) is 23.8 Å². The Labute approximate surface area is 212 Å². The number of carbonyl (C=O) groups excluding carboxylic acids is 2. The summed E-state index contributed by atoms with van der Waals surface area (Å²) in [5.74, 6) is -0.209. The molecular weight excluding hydrogens is 472 g/mol. The Kier molecular flexibility index (Phi) is 7.09. The molecule has 0 saturated carbocycles. The van der Waals surface area contributed by atoms with Crippen molar-refractivity contribution in [2.45, 2.75) is 12.8 Å². The van der Waals surface area contributed by atoms with Gasteiger partial charge < -0.3 is 10.2 Å². The molecular formula is C27H24N6O2S. The van der Waals surface area contributed by atoms with Crippen molar-refractivity contribution in [1.29, 1.82) is 0 Å². The topological polar surface area (TPSA) is 100 Å². The number of hydrogen-bond acceptors (Lipinski definition) is 6. The summed E-state index contributed by atoms with van der Waals surface area (Å²) >= 11 is 1.37. The minimum atomic E-state index is -0.209. The molecule has 9 heteroatoms. The monoisotopic (exact) mass is 496 g/mol. The number of benzene rings is 1. The minimum Gasteiger partial charge on any atom is -0.324 e. The van der Waals surface area contributed by atoms with Crippen molar-refractivity contribution >= 4 is 40.2 Å². The van der Waals surface area contributed by atoms with E-state index >= 15 is 0 Å². The lowest BCUT2D eigenvalue weighted by Gasteiger charge is -2.28. The van der Waals surface area contributed by atoms with E-state index in [1.54, 1.807) is 36.1 Å². The highest BCUT2D eigenvalue weighted by Crippen LogP contribution is 2.22. The number of carbonyl (C=O) groups is 2. The Morgan fingerprint density at radius 3 is 2.39 bits per heavy atom. The quantitative estimate of drug-likeness (QED) is 0.377. The summed E-state index contributed by atoms with van der Waals surface area (Å²) < 4.78 is 0. The summed E-state index contributed by atoms with van der Waals surface area (Å²) in [6.07, 6.45) is 8.85. The van der Waals surface area contributed by atoms with Crippen LogP contribution in [0.15, 0.2) is 84.1 Å². The van der Waals surface area contributed by atoms with Crippen molar-refractivity contribution < 1.29 is 9.59 Å². The van der Waals surface area contributed by atoms with Gasteiger partial charge in [0.1, 0.15) is 0 Å². The van der Waals surface area contributed by atoms with Gasteiger partial charge in [0.15, 0.2) is 5.13 Å². The zero-order valence-corrected chi connectivity index (χ0v) is 20.2. The van der Waals surface area contributed by atoms with Crippen LogP contribution in [0.4, 0.5) is 15.6 Å². The average Bonchev–Trinajstić information content (AvgIpc) is 3.43. The van der Waals surface area contributed by atoms with Crippen LogP contribution in [0, 0.1) is 0 Å². The third-order valence-corrected chi connectivity index (χ3v) is 6.53. The number of hydrogen-bond donors (Lipinski definition) is 2. The van der Waals surface area contributed by atoms with E-state index < -0.39 is 0 Å². The highest BCUT2D eigenvalue weighted by Gasteiger charge is 2.19. The zero-order chi connectivity index (χ0) is 24.7. The van der Waals surface area contributed by atoms with Crippen LogP contribution in [0.25, 0.3) is 17.3 Å². The Balaban J connectivity index is 1.14. The Morgan fingerprint density at radius 2 is 1.72 bits per heavy atom. The Morgan fingerprint density at radius 1 is 0.889 bits per heavy atom. The molecule has 4 aromatic rings. The van der Waals surface area contributed by atoms with Gasteiger partial charge in [-0.05, 0) is 55.3 Å². The molecule has 0 bridgehead atoms. The number of aromatic nitrogens is 3. The van der Waals surface area contributed by atoms with Gasteiger partial charge in [0, 0.05) is 42.0 Å². The van der Waals surface area contributed by atoms with Crippen LogP contribution in [-0.4, -0.2) is 44.9 Å². The minimum absolute atomic E-state index is 0.128. The van der Waals surface area contributed by atoms with Crippen molar-refractivity contribution in [3.05, 3.63) is 95.4 Å². The summed E-state index contributed by atoms with van der Waals surface area (Å²) in [6, 6.07) is 16.6. The fraction of sp³-hybridized carbons (Fsp3) is 0.148. The van der Waals surface area contributed by atoms with E-state index in [2.05, 4.69) is 31.7 Å². The number of anilines is 2. The van der Waals surface area contributed by atoms with Crippen LogP contribution in [0.2, 0.25) is 0 Å². The summed E-state index contributed by atoms with van der Waals surface area (Å²) in [5.41, 5.74) is 5.06. The van der Waals surface area contributed by atoms with E-state index in [0.29, 0.717) is 29.5 Å². The van der Waals surface area contributed by atoms with E-state index in [1.165, 1.54) is 16.9 Å². The first-order chi connectivity index (χ1) is 17.6. The Hall–Kier alpha value is -4.37. The maximum Gasteiger partial charge on any atom is 0.321 e. The molecule has 1 saturated heterocycles. The second kappa shape index (κ2) is 10.9. The van der Waals surface area contributed by atoms with Gasteiger partial charge in [-0.2, -0.15) is 0 Å². The van der Waals surface area contributed by atoms with Gasteiger partial charge in [-0.15, -0.1) is 11.3 Å². The molecule has 0 aliphatic carbocycles. The lowest BCUT2D eigenvalue weighted by atomic mass is 10.0. The van der Waals surface area contributed by atoms with Crippen LogP contribution in [0.1, 0.15) is 28.9 Å². The van der Waals surface area contributed by atoms with E-state index in [-0.39, 0.29) is 11.9 Å². The molecule has 4 heterocycles. The second-order valence-corrected chi connectivity index (χ2v) is 9.17. The molecule has 0 unspecified atom stereocenters. The number of nitrogens with zero attached hydrogens (tertiary/aromatic N) is 4. The maximum absolute atomic E-state index is 12.7. The van der Waals surface area contributed by atoms with Crippen molar-refractivity contribution in [2.24, 2.45) is 0 Å². The highest BCUT2D eigenvalue weighted by atomic mass is 32.1. The second-order valence-electron chi connectivity index (χ2n) is 8.28. The fourth-order valence-electron chi connectivity index (χ4n) is 3.90. The molecule has 1 aliphatic heterocycles. The number of nitrogens with one attached hydrogen (secondary N) is 2. The molecule has 1 aliphatic rings. The van der Waals surface area contributed by atoms with Gasteiger partial charge in [0.05, 0.1) is 23.3 Å². The van der Waals surface area contributed by atoms with Gasteiger partial charge in [-0.3, -0.25) is 20.1 Å². The van der Waals surface area contributed by atoms with Crippen molar-refractivity contribution in [3.63, 3.8) is 0 Å². The molecule has 0 radical (unpaired) electrons. The van der Waals surface area contributed by atoms with E-state index in [4.69, 9.17) is 0 Å². The van der Waals surface area contributed by atoms with Gasteiger partial charge in [0.2, 0.25) is 0 Å². The standard InChI is InChI=1S/C27H24N6O2S/c34-25(32-26-29-13-16-36-26)21-6-4-20(5-7-21)24-9-8-23(18-30-24)31-27(35)33-14-10-19(11-15-33)17-22-3-1-2-12-28-22/h1-9,12-13,16-18H,10-11,14-15H2,(H,31,35)(H,29,32,34). The molecule has 2 N–H and O–H groups in total. The first kappa shape index (κ1) is 23.4. The van der Waals surface area contributed by atoms with E-state index in [1.807, 2.05) is 47.4 Å². The van der Waals surface area contributed by atoms with Gasteiger partial charge >= 0.3 is 6.03 Å². The molecule has 0 atom stereocenters. The molecule has 36 heavy (non-hydrogen) atoms. The molecule has 3 aromatic heterocycles. The zero-order valence-electron chi connectivity index (χ0n) is 19.4. The molecule has 3 amide bonds. The van der Waals surface area contributed by atoms with E-state index in [9.17, 15) is 9.59 Å². The molecule has 8 nitrogen and oxygen atoms in total. The van der Waals surface area contributed by atoms with Crippen molar-refractivity contribution in [1.82, 2.24) is 19.9 Å². The highest BCUT2D eigenvalue weighted by molar-refractivity contribution is 7.13. The molecule has 1 aromatic carbocycles. The van der Waals surface area contributed by atoms with Crippen LogP contribution in [0.5, 0.6) is 0 Å². The largest absolute Gasteiger partial charge is 0.324 e. The lowest BCUT2D eigenvalue weighted by Crippen LogP contribution is -2.39. The number of likely N-dealkylation sites (tertiary alicyclic amines) is 1. The molecule has 180 valence electrons. The normalized spacial score (nSPS) is 13.2. The number of amides is 3. The van der Waals surface area contributed by atoms with Crippen molar-refractivity contribution in [3.8, 4) is 11.3 Å². The molecule has 1 fully saturated rings. The SMILES string of the molecule is O=C(Nc1nccs1)c1ccc(-c2ccc(NC(=O)N3CCC(=Cc4ccccn4)CC3)cn2)cc1. The van der Waals surface area contributed by atoms with Crippen LogP contribution < -0.4 is 10.6 Å². The average molecular weight is 497 g/mol. The van der Waals surface area contributed by atoms with E-state index in [0.717, 1.165) is 29.8 Å². The summed E-state index contributed by atoms with van der Waals surface area (Å²) in [4.78, 5) is 39.7. The third kappa shape index (κ3) is 5.81. The maximum atomic E-state index is 12.7. The summed E-state index contributed by atoms with van der Waals surface area (Å²) in [5, 5.41) is 8.07. The summed E-state index contributed by atoms with van der Waals surface area (Å²) in [6.45, 7) is 1.33. The first-order valence-corrected chi connectivity index (χ1v) is 12.5. The smallest absolute Gasteiger partial charge is 0.321 e. The fourth-order valence-corrected chi connectivity index (χ4v) is 4.42. The predicted molar refractivity (Wildman–Crippen MR) is 142 cm³/mol. The lowest BCUT2D eigenvalue weighted by molar-refractivity contribution is 0.102. The van der Waals surface area contributed by atoms with Crippen LogP contribution >= 0.6 is 11.3 Å². The van der Waals surface area contributed by atoms with Crippen molar-refractivity contribution in [2.75, 3.05) is 23.7 Å². The van der Waals surface area contributed by atoms with Gasteiger partial charge in [-0.25, -0.2) is 9.78 Å². The molecule has 5 rings (SSSR count). The van der Waals surface area contributed by atoms with Gasteiger partial charge in [0.25, 0.3) is 5.91 Å². The number of thiazole rings is 1. The molecule has 0 spiro atoms. The first-order valence-electron chi connectivity index (χ1n) is 11.6. The number of rotatable bonds is 5. The Bertz CT molecular complexity index is 1340. The number of pyridine rings is 2. The number of urea groups is 1. The van der Waals surface area contributed by atoms with Crippen LogP contribution in [-0.2, 0) is 0 Å². The number of piperidine rings is 1. The van der Waals surface area contributed by atoms with Crippen LogP contribution in [0.3, 0.4) is 0 Å². The summed E-state index contributed by atoms with van der Waals surface area (Å²) in [7, 11) is 0. The predicted octanol–water partition coefficient (Wildman–Crippen LogP) is 5.56.